The number of nitrogens with one attached hydrogen (secondary N) is 1. The second-order valence-corrected chi connectivity index (χ2v) is 4.93. The summed E-state index contributed by atoms with van der Waals surface area (Å²) in [6, 6.07) is 13.6. The molecule has 0 unspecified atom stereocenters. The second kappa shape index (κ2) is 8.60. The molecule has 0 aromatic heterocycles. The minimum absolute atomic E-state index is 0.0470. The molecule has 118 valence electrons. The van der Waals surface area contributed by atoms with Crippen LogP contribution >= 0.6 is 0 Å². The molecule has 3 nitrogen and oxygen atoms in total. The second-order valence-electron chi connectivity index (χ2n) is 4.93. The fraction of sp³-hybridized carbons (Fsp3) is 0.211. The number of ether oxygens (including phenoxy) is 1. The first-order valence-electron chi connectivity index (χ1n) is 7.31. The Balaban J connectivity index is 1.71. The van der Waals surface area contributed by atoms with E-state index in [2.05, 4.69) is 17.2 Å². The molecule has 0 heterocycles. The number of methoxy groups -OCH3 is 1. The molecule has 23 heavy (non-hydrogen) atoms. The maximum Gasteiger partial charge on any atom is 0.221 e. The topological polar surface area (TPSA) is 38.3 Å². The summed E-state index contributed by atoms with van der Waals surface area (Å²) >= 11 is 0. The van der Waals surface area contributed by atoms with Crippen molar-refractivity contribution in [3.63, 3.8) is 0 Å². The van der Waals surface area contributed by atoms with Gasteiger partial charge in [-0.1, -0.05) is 24.0 Å². The van der Waals surface area contributed by atoms with E-state index in [1.54, 1.807) is 19.2 Å². The van der Waals surface area contributed by atoms with E-state index in [1.165, 1.54) is 12.1 Å². The zero-order chi connectivity index (χ0) is 16.5. The standard InChI is InChI=1S/C19H18FNO2/c1-23-18-11-6-16(7-12-18)8-13-19(22)21-14-2-3-15-4-9-17(20)10-5-15/h4-7,9-12H,8,13-14H2,1H3,(H,21,22). The number of rotatable bonds is 5. The average molecular weight is 311 g/mol. The molecule has 0 radical (unpaired) electrons. The van der Waals surface area contributed by atoms with Gasteiger partial charge in [-0.05, 0) is 48.4 Å². The van der Waals surface area contributed by atoms with Crippen molar-refractivity contribution >= 4 is 5.91 Å². The Bertz CT molecular complexity index is 697. The fourth-order valence-corrected chi connectivity index (χ4v) is 1.96. The lowest BCUT2D eigenvalue weighted by molar-refractivity contribution is -0.120. The van der Waals surface area contributed by atoms with Crippen LogP contribution in [-0.2, 0) is 11.2 Å². The highest BCUT2D eigenvalue weighted by molar-refractivity contribution is 5.76. The van der Waals surface area contributed by atoms with Crippen molar-refractivity contribution in [2.24, 2.45) is 0 Å². The van der Waals surface area contributed by atoms with Crippen LogP contribution in [0.25, 0.3) is 0 Å². The van der Waals surface area contributed by atoms with Gasteiger partial charge in [-0.3, -0.25) is 4.79 Å². The van der Waals surface area contributed by atoms with Crippen LogP contribution in [-0.4, -0.2) is 19.6 Å². The first-order chi connectivity index (χ1) is 11.2. The van der Waals surface area contributed by atoms with E-state index >= 15 is 0 Å². The first-order valence-corrected chi connectivity index (χ1v) is 7.31. The van der Waals surface area contributed by atoms with E-state index in [-0.39, 0.29) is 18.3 Å². The number of halogens is 1. The van der Waals surface area contributed by atoms with E-state index in [0.29, 0.717) is 12.8 Å². The van der Waals surface area contributed by atoms with Crippen LogP contribution in [0.4, 0.5) is 4.39 Å². The third-order valence-corrected chi connectivity index (χ3v) is 3.25. The maximum absolute atomic E-state index is 12.7. The molecule has 0 fully saturated rings. The lowest BCUT2D eigenvalue weighted by atomic mass is 10.1. The van der Waals surface area contributed by atoms with Gasteiger partial charge in [0, 0.05) is 12.0 Å². The molecule has 0 aliphatic carbocycles. The molecule has 2 rings (SSSR count). The van der Waals surface area contributed by atoms with Gasteiger partial charge in [0.05, 0.1) is 13.7 Å². The molecule has 0 atom stereocenters. The molecule has 0 saturated carbocycles. The van der Waals surface area contributed by atoms with Crippen molar-refractivity contribution < 1.29 is 13.9 Å². The van der Waals surface area contributed by atoms with Crippen LogP contribution in [0.5, 0.6) is 5.75 Å². The first kappa shape index (κ1) is 16.6. The Labute approximate surface area is 135 Å². The molecular formula is C19H18FNO2. The summed E-state index contributed by atoms with van der Waals surface area (Å²) in [5, 5.41) is 2.75. The van der Waals surface area contributed by atoms with Crippen LogP contribution in [0.3, 0.4) is 0 Å². The Morgan fingerprint density at radius 2 is 1.83 bits per heavy atom. The molecule has 0 spiro atoms. The number of carbonyl (C=O) groups is 1. The summed E-state index contributed by atoms with van der Waals surface area (Å²) in [7, 11) is 1.62. The molecule has 4 heteroatoms. The Morgan fingerprint density at radius 3 is 2.48 bits per heavy atom. The van der Waals surface area contributed by atoms with Crippen LogP contribution in [0.1, 0.15) is 17.5 Å². The predicted octanol–water partition coefficient (Wildman–Crippen LogP) is 2.93. The Morgan fingerprint density at radius 1 is 1.13 bits per heavy atom. The smallest absolute Gasteiger partial charge is 0.221 e. The number of amides is 1. The monoisotopic (exact) mass is 311 g/mol. The molecule has 0 aliphatic heterocycles. The van der Waals surface area contributed by atoms with Gasteiger partial charge in [0.25, 0.3) is 0 Å². The summed E-state index contributed by atoms with van der Waals surface area (Å²) in [6.07, 6.45) is 1.08. The number of hydrogen-bond acceptors (Lipinski definition) is 2. The van der Waals surface area contributed by atoms with Gasteiger partial charge in [-0.25, -0.2) is 4.39 Å². The highest BCUT2D eigenvalue weighted by atomic mass is 19.1. The van der Waals surface area contributed by atoms with Gasteiger partial charge in [-0.2, -0.15) is 0 Å². The van der Waals surface area contributed by atoms with Crippen LogP contribution in [0.15, 0.2) is 48.5 Å². The third kappa shape index (κ3) is 5.84. The zero-order valence-corrected chi connectivity index (χ0v) is 12.9. The van der Waals surface area contributed by atoms with Crippen molar-refractivity contribution in [1.82, 2.24) is 5.32 Å². The molecule has 0 bridgehead atoms. The number of aryl methyl sites for hydroxylation is 1. The summed E-state index contributed by atoms with van der Waals surface area (Å²) in [5.74, 6) is 6.18. The van der Waals surface area contributed by atoms with Gasteiger partial charge in [0.1, 0.15) is 11.6 Å². The van der Waals surface area contributed by atoms with Crippen LogP contribution in [0.2, 0.25) is 0 Å². The van der Waals surface area contributed by atoms with Crippen LogP contribution < -0.4 is 10.1 Å². The molecule has 0 aliphatic rings. The minimum Gasteiger partial charge on any atom is -0.497 e. The fourth-order valence-electron chi connectivity index (χ4n) is 1.96. The number of hydrogen-bond donors (Lipinski definition) is 1. The van der Waals surface area contributed by atoms with Crippen molar-refractivity contribution in [2.45, 2.75) is 12.8 Å². The van der Waals surface area contributed by atoms with E-state index < -0.39 is 0 Å². The van der Waals surface area contributed by atoms with Crippen molar-refractivity contribution in [3.8, 4) is 17.6 Å². The van der Waals surface area contributed by atoms with Crippen LogP contribution in [0, 0.1) is 17.7 Å². The highest BCUT2D eigenvalue weighted by Crippen LogP contribution is 2.12. The summed E-state index contributed by atoms with van der Waals surface area (Å²) in [6.45, 7) is 0.277. The third-order valence-electron chi connectivity index (χ3n) is 3.25. The number of benzene rings is 2. The number of carbonyl (C=O) groups excluding carboxylic acids is 1. The predicted molar refractivity (Wildman–Crippen MR) is 87.6 cm³/mol. The van der Waals surface area contributed by atoms with Crippen molar-refractivity contribution in [3.05, 3.63) is 65.5 Å². The summed E-state index contributed by atoms with van der Waals surface area (Å²) in [5.41, 5.74) is 1.80. The normalized spacial score (nSPS) is 9.65. The van der Waals surface area contributed by atoms with Gasteiger partial charge < -0.3 is 10.1 Å². The van der Waals surface area contributed by atoms with Gasteiger partial charge in [0.2, 0.25) is 5.91 Å². The van der Waals surface area contributed by atoms with E-state index in [1.807, 2.05) is 24.3 Å². The average Bonchev–Trinajstić information content (AvgIpc) is 2.59. The highest BCUT2D eigenvalue weighted by Gasteiger charge is 2.01. The lowest BCUT2D eigenvalue weighted by Crippen LogP contribution is -2.23. The maximum atomic E-state index is 12.7. The quantitative estimate of drug-likeness (QED) is 0.862. The SMILES string of the molecule is COc1ccc(CCC(=O)NCC#Cc2ccc(F)cc2)cc1. The minimum atomic E-state index is -0.289. The lowest BCUT2D eigenvalue weighted by Gasteiger charge is -2.03. The molecule has 2 aromatic carbocycles. The zero-order valence-electron chi connectivity index (χ0n) is 12.9. The molecule has 1 N–H and O–H groups in total. The summed E-state index contributed by atoms with van der Waals surface area (Å²) in [4.78, 5) is 11.7. The van der Waals surface area contributed by atoms with E-state index in [4.69, 9.17) is 4.74 Å². The largest absolute Gasteiger partial charge is 0.497 e. The van der Waals surface area contributed by atoms with Crippen molar-refractivity contribution in [1.29, 1.82) is 0 Å². The van der Waals surface area contributed by atoms with E-state index in [0.717, 1.165) is 16.9 Å². The Hall–Kier alpha value is -2.80. The molecule has 1 amide bonds. The molecule has 2 aromatic rings. The van der Waals surface area contributed by atoms with Gasteiger partial charge in [0.15, 0.2) is 0 Å². The Kier molecular flexibility index (Phi) is 6.19. The van der Waals surface area contributed by atoms with Crippen molar-refractivity contribution in [2.75, 3.05) is 13.7 Å². The van der Waals surface area contributed by atoms with Gasteiger partial charge >= 0.3 is 0 Å². The summed E-state index contributed by atoms with van der Waals surface area (Å²) < 4.78 is 17.8. The molecular weight excluding hydrogens is 293 g/mol. The van der Waals surface area contributed by atoms with E-state index in [9.17, 15) is 9.18 Å². The van der Waals surface area contributed by atoms with Gasteiger partial charge in [-0.15, -0.1) is 0 Å². The molecule has 0 saturated heterocycles.